The normalized spacial score (nSPS) is 17.4. The highest BCUT2D eigenvalue weighted by Crippen LogP contribution is 2.44. The zero-order valence-corrected chi connectivity index (χ0v) is 11.9. The number of halogens is 1. The molecule has 0 atom stereocenters. The van der Waals surface area contributed by atoms with Crippen LogP contribution in [0, 0.1) is 12.3 Å². The Balaban J connectivity index is 2.75. The lowest BCUT2D eigenvalue weighted by molar-refractivity contribution is 0.0697. The van der Waals surface area contributed by atoms with Gasteiger partial charge in [0.15, 0.2) is 5.78 Å². The minimum absolute atomic E-state index is 0.000401. The van der Waals surface area contributed by atoms with Crippen LogP contribution in [0.25, 0.3) is 0 Å². The zero-order valence-electron chi connectivity index (χ0n) is 10.3. The fourth-order valence-corrected chi connectivity index (χ4v) is 3.61. The smallest absolute Gasteiger partial charge is 0.337 e. The van der Waals surface area contributed by atoms with Gasteiger partial charge in [0.05, 0.1) is 16.1 Å². The van der Waals surface area contributed by atoms with E-state index in [9.17, 15) is 9.59 Å². The van der Waals surface area contributed by atoms with Gasteiger partial charge in [-0.1, -0.05) is 25.4 Å². The number of carboxylic acid groups (broad SMARTS) is 1. The summed E-state index contributed by atoms with van der Waals surface area (Å²) in [5.74, 6) is -0.498. The van der Waals surface area contributed by atoms with Crippen LogP contribution < -0.4 is 0 Å². The van der Waals surface area contributed by atoms with E-state index in [1.807, 2.05) is 13.8 Å². The SMILES string of the molecule is Cc1cc(C(=O)O)c(Cl)c2c1SCC(C)(C)C2=O. The Bertz CT molecular complexity index is 564. The summed E-state index contributed by atoms with van der Waals surface area (Å²) in [7, 11) is 0. The topological polar surface area (TPSA) is 54.4 Å². The molecule has 1 aromatic carbocycles. The van der Waals surface area contributed by atoms with Crippen LogP contribution in [0.3, 0.4) is 0 Å². The first kappa shape index (κ1) is 13.4. The third-order valence-electron chi connectivity index (χ3n) is 3.05. The number of fused-ring (bicyclic) bond motifs is 1. The summed E-state index contributed by atoms with van der Waals surface area (Å²) in [4.78, 5) is 24.3. The summed E-state index contributed by atoms with van der Waals surface area (Å²) in [5, 5.41) is 9.17. The number of aryl methyl sites for hydroxylation is 1. The van der Waals surface area contributed by atoms with E-state index >= 15 is 0 Å². The lowest BCUT2D eigenvalue weighted by Crippen LogP contribution is -2.31. The lowest BCUT2D eigenvalue weighted by atomic mass is 9.84. The average molecular weight is 285 g/mol. The molecule has 1 aliphatic heterocycles. The molecule has 0 amide bonds. The number of carbonyl (C=O) groups excluding carboxylic acids is 1. The van der Waals surface area contributed by atoms with E-state index in [1.165, 1.54) is 6.07 Å². The molecular weight excluding hydrogens is 272 g/mol. The second-order valence-corrected chi connectivity index (χ2v) is 6.43. The van der Waals surface area contributed by atoms with Gasteiger partial charge < -0.3 is 5.11 Å². The number of hydrogen-bond donors (Lipinski definition) is 1. The Labute approximate surface area is 115 Å². The van der Waals surface area contributed by atoms with E-state index in [4.69, 9.17) is 16.7 Å². The van der Waals surface area contributed by atoms with Gasteiger partial charge in [0, 0.05) is 16.1 Å². The Morgan fingerprint density at radius 3 is 2.67 bits per heavy atom. The van der Waals surface area contributed by atoms with Crippen molar-refractivity contribution in [2.24, 2.45) is 5.41 Å². The molecule has 0 saturated heterocycles. The Kier molecular flexibility index (Phi) is 3.19. The monoisotopic (exact) mass is 284 g/mol. The van der Waals surface area contributed by atoms with Crippen LogP contribution in [0.2, 0.25) is 5.02 Å². The van der Waals surface area contributed by atoms with Crippen molar-refractivity contribution in [1.82, 2.24) is 0 Å². The second kappa shape index (κ2) is 4.28. The van der Waals surface area contributed by atoms with Crippen LogP contribution in [-0.2, 0) is 0 Å². The van der Waals surface area contributed by atoms with Crippen LogP contribution in [0.15, 0.2) is 11.0 Å². The van der Waals surface area contributed by atoms with Crippen LogP contribution in [0.5, 0.6) is 0 Å². The molecule has 3 nitrogen and oxygen atoms in total. The number of benzene rings is 1. The van der Waals surface area contributed by atoms with Crippen molar-refractivity contribution in [2.45, 2.75) is 25.7 Å². The third-order valence-corrected chi connectivity index (χ3v) is 5.12. The molecule has 18 heavy (non-hydrogen) atoms. The van der Waals surface area contributed by atoms with Crippen molar-refractivity contribution in [3.8, 4) is 0 Å². The molecule has 1 aromatic rings. The summed E-state index contributed by atoms with van der Waals surface area (Å²) < 4.78 is 0. The van der Waals surface area contributed by atoms with E-state index in [2.05, 4.69) is 0 Å². The standard InChI is InChI=1S/C13H13ClO3S/c1-6-4-7(12(16)17)9(14)8-10(6)18-5-13(2,3)11(8)15/h4H,5H2,1-3H3,(H,16,17). The van der Waals surface area contributed by atoms with E-state index < -0.39 is 11.4 Å². The Morgan fingerprint density at radius 1 is 1.50 bits per heavy atom. The predicted molar refractivity (Wildman–Crippen MR) is 72.0 cm³/mol. The van der Waals surface area contributed by atoms with Crippen molar-refractivity contribution in [2.75, 3.05) is 5.75 Å². The van der Waals surface area contributed by atoms with E-state index in [0.29, 0.717) is 11.3 Å². The van der Waals surface area contributed by atoms with Gasteiger partial charge in [-0.05, 0) is 18.6 Å². The first-order chi connectivity index (χ1) is 8.25. The molecule has 1 heterocycles. The number of ketones is 1. The molecule has 0 aromatic heterocycles. The van der Waals surface area contributed by atoms with Crippen molar-refractivity contribution in [3.05, 3.63) is 27.8 Å². The van der Waals surface area contributed by atoms with Crippen molar-refractivity contribution in [3.63, 3.8) is 0 Å². The molecule has 2 rings (SSSR count). The van der Waals surface area contributed by atoms with Crippen LogP contribution in [0.4, 0.5) is 0 Å². The summed E-state index contributed by atoms with van der Waals surface area (Å²) in [6.45, 7) is 5.51. The molecule has 1 aliphatic rings. The summed E-state index contributed by atoms with van der Waals surface area (Å²) >= 11 is 7.66. The fourth-order valence-electron chi connectivity index (χ4n) is 1.98. The number of rotatable bonds is 1. The highest BCUT2D eigenvalue weighted by molar-refractivity contribution is 7.99. The van der Waals surface area contributed by atoms with Crippen molar-refractivity contribution >= 4 is 35.1 Å². The van der Waals surface area contributed by atoms with Crippen molar-refractivity contribution < 1.29 is 14.7 Å². The maximum atomic E-state index is 12.4. The van der Waals surface area contributed by atoms with Gasteiger partial charge in [0.25, 0.3) is 0 Å². The number of aromatic carboxylic acids is 1. The third kappa shape index (κ3) is 1.93. The molecule has 0 aliphatic carbocycles. The molecule has 0 unspecified atom stereocenters. The minimum atomic E-state index is -1.10. The maximum absolute atomic E-state index is 12.4. The van der Waals surface area contributed by atoms with Gasteiger partial charge in [-0.3, -0.25) is 4.79 Å². The number of carboxylic acids is 1. The zero-order chi connectivity index (χ0) is 13.7. The molecular formula is C13H13ClO3S. The Hall–Kier alpha value is -1.000. The molecule has 0 bridgehead atoms. The average Bonchev–Trinajstić information content (AvgIpc) is 2.27. The van der Waals surface area contributed by atoms with Gasteiger partial charge in [0.1, 0.15) is 0 Å². The number of hydrogen-bond acceptors (Lipinski definition) is 3. The molecule has 96 valence electrons. The van der Waals surface area contributed by atoms with E-state index in [0.717, 1.165) is 10.5 Å². The molecule has 0 saturated carbocycles. The minimum Gasteiger partial charge on any atom is -0.478 e. The van der Waals surface area contributed by atoms with Crippen LogP contribution >= 0.6 is 23.4 Å². The fraction of sp³-hybridized carbons (Fsp3) is 0.385. The first-order valence-electron chi connectivity index (χ1n) is 5.49. The predicted octanol–water partition coefficient (Wildman–Crippen LogP) is 3.66. The molecule has 0 spiro atoms. The molecule has 1 N–H and O–H groups in total. The summed E-state index contributed by atoms with van der Waals surface area (Å²) in [5.41, 5.74) is 0.653. The lowest BCUT2D eigenvalue weighted by Gasteiger charge is -2.30. The van der Waals surface area contributed by atoms with Gasteiger partial charge in [-0.2, -0.15) is 0 Å². The molecule has 5 heteroatoms. The second-order valence-electron chi connectivity index (χ2n) is 5.07. The highest BCUT2D eigenvalue weighted by Gasteiger charge is 2.38. The first-order valence-corrected chi connectivity index (χ1v) is 6.86. The number of thioether (sulfide) groups is 1. The molecule has 0 radical (unpaired) electrons. The number of carbonyl (C=O) groups is 2. The van der Waals surface area contributed by atoms with Crippen molar-refractivity contribution in [1.29, 1.82) is 0 Å². The van der Waals surface area contributed by atoms with E-state index in [1.54, 1.807) is 18.7 Å². The van der Waals surface area contributed by atoms with Gasteiger partial charge in [-0.25, -0.2) is 4.79 Å². The summed E-state index contributed by atoms with van der Waals surface area (Å²) in [6.07, 6.45) is 0. The quantitative estimate of drug-likeness (QED) is 0.855. The summed E-state index contributed by atoms with van der Waals surface area (Å²) in [6, 6.07) is 1.53. The van der Waals surface area contributed by atoms with Gasteiger partial charge in [0.2, 0.25) is 0 Å². The maximum Gasteiger partial charge on any atom is 0.337 e. The van der Waals surface area contributed by atoms with Crippen LogP contribution in [0.1, 0.15) is 40.1 Å². The number of Topliss-reactive ketones (excluding diaryl/α,β-unsaturated/α-hetero) is 1. The van der Waals surface area contributed by atoms with E-state index in [-0.39, 0.29) is 16.4 Å². The van der Waals surface area contributed by atoms with Gasteiger partial charge >= 0.3 is 5.97 Å². The largest absolute Gasteiger partial charge is 0.478 e. The molecule has 0 fully saturated rings. The van der Waals surface area contributed by atoms with Crippen LogP contribution in [-0.4, -0.2) is 22.6 Å². The highest BCUT2D eigenvalue weighted by atomic mass is 35.5. The van der Waals surface area contributed by atoms with Gasteiger partial charge in [-0.15, -0.1) is 11.8 Å². The Morgan fingerprint density at radius 2 is 2.11 bits per heavy atom.